The third kappa shape index (κ3) is 3.06. The first-order valence-corrected chi connectivity index (χ1v) is 6.97. The SMILES string of the molecule is CNc1ccc(-c2ccccc2Oc2ccccc2)cc1. The number of hydrogen-bond acceptors (Lipinski definition) is 2. The molecule has 0 fully saturated rings. The van der Waals surface area contributed by atoms with E-state index in [-0.39, 0.29) is 0 Å². The predicted molar refractivity (Wildman–Crippen MR) is 87.9 cm³/mol. The molecular formula is C19H17NO. The molecule has 0 spiro atoms. The van der Waals surface area contributed by atoms with Crippen molar-refractivity contribution in [1.82, 2.24) is 0 Å². The van der Waals surface area contributed by atoms with Crippen LogP contribution >= 0.6 is 0 Å². The lowest BCUT2D eigenvalue weighted by molar-refractivity contribution is 0.484. The summed E-state index contributed by atoms with van der Waals surface area (Å²) < 4.78 is 6.00. The first kappa shape index (κ1) is 13.3. The van der Waals surface area contributed by atoms with Gasteiger partial charge in [-0.05, 0) is 35.9 Å². The quantitative estimate of drug-likeness (QED) is 0.707. The van der Waals surface area contributed by atoms with Crippen LogP contribution in [0.4, 0.5) is 5.69 Å². The third-order valence-electron chi connectivity index (χ3n) is 3.34. The van der Waals surface area contributed by atoms with Crippen molar-refractivity contribution in [3.05, 3.63) is 78.9 Å². The molecule has 0 heterocycles. The monoisotopic (exact) mass is 275 g/mol. The minimum Gasteiger partial charge on any atom is -0.457 e. The first-order chi connectivity index (χ1) is 10.4. The molecule has 3 aromatic carbocycles. The van der Waals surface area contributed by atoms with Gasteiger partial charge in [-0.3, -0.25) is 0 Å². The van der Waals surface area contributed by atoms with Crippen LogP contribution in [0.2, 0.25) is 0 Å². The van der Waals surface area contributed by atoms with Crippen LogP contribution in [0, 0.1) is 0 Å². The molecule has 0 saturated heterocycles. The second-order valence-corrected chi connectivity index (χ2v) is 4.74. The molecule has 0 atom stereocenters. The summed E-state index contributed by atoms with van der Waals surface area (Å²) in [7, 11) is 1.92. The van der Waals surface area contributed by atoms with E-state index in [0.717, 1.165) is 28.3 Å². The third-order valence-corrected chi connectivity index (χ3v) is 3.34. The molecule has 0 unspecified atom stereocenters. The molecule has 21 heavy (non-hydrogen) atoms. The van der Waals surface area contributed by atoms with E-state index in [2.05, 4.69) is 35.6 Å². The van der Waals surface area contributed by atoms with Crippen LogP contribution in [-0.2, 0) is 0 Å². The van der Waals surface area contributed by atoms with E-state index in [0.29, 0.717) is 0 Å². The molecule has 0 amide bonds. The van der Waals surface area contributed by atoms with Gasteiger partial charge in [-0.15, -0.1) is 0 Å². The Bertz CT molecular complexity index is 705. The molecule has 0 saturated carbocycles. The highest BCUT2D eigenvalue weighted by atomic mass is 16.5. The molecule has 104 valence electrons. The Hall–Kier alpha value is -2.74. The van der Waals surface area contributed by atoms with E-state index < -0.39 is 0 Å². The van der Waals surface area contributed by atoms with Gasteiger partial charge in [0.1, 0.15) is 11.5 Å². The summed E-state index contributed by atoms with van der Waals surface area (Å²) in [6, 6.07) is 26.3. The van der Waals surface area contributed by atoms with Crippen LogP contribution in [0.15, 0.2) is 78.9 Å². The summed E-state index contributed by atoms with van der Waals surface area (Å²) in [4.78, 5) is 0. The van der Waals surface area contributed by atoms with Gasteiger partial charge in [0.25, 0.3) is 0 Å². The number of hydrogen-bond donors (Lipinski definition) is 1. The van der Waals surface area contributed by atoms with Crippen molar-refractivity contribution in [3.8, 4) is 22.6 Å². The van der Waals surface area contributed by atoms with Gasteiger partial charge in [-0.2, -0.15) is 0 Å². The van der Waals surface area contributed by atoms with Crippen molar-refractivity contribution in [1.29, 1.82) is 0 Å². The van der Waals surface area contributed by atoms with Gasteiger partial charge in [0.05, 0.1) is 0 Å². The lowest BCUT2D eigenvalue weighted by Gasteiger charge is -2.11. The molecule has 3 rings (SSSR count). The lowest BCUT2D eigenvalue weighted by atomic mass is 10.0. The minimum atomic E-state index is 0.844. The van der Waals surface area contributed by atoms with Gasteiger partial charge < -0.3 is 10.1 Å². The van der Waals surface area contributed by atoms with Gasteiger partial charge in [-0.1, -0.05) is 48.5 Å². The second kappa shape index (κ2) is 6.14. The van der Waals surface area contributed by atoms with Gasteiger partial charge >= 0.3 is 0 Å². The van der Waals surface area contributed by atoms with Crippen LogP contribution in [0.5, 0.6) is 11.5 Å². The fourth-order valence-corrected chi connectivity index (χ4v) is 2.23. The van der Waals surface area contributed by atoms with E-state index in [1.165, 1.54) is 0 Å². The fraction of sp³-hybridized carbons (Fsp3) is 0.0526. The zero-order valence-corrected chi connectivity index (χ0v) is 11.9. The van der Waals surface area contributed by atoms with Gasteiger partial charge in [0, 0.05) is 18.3 Å². The maximum absolute atomic E-state index is 6.00. The lowest BCUT2D eigenvalue weighted by Crippen LogP contribution is -1.89. The first-order valence-electron chi connectivity index (χ1n) is 6.97. The van der Waals surface area contributed by atoms with E-state index in [9.17, 15) is 0 Å². The van der Waals surface area contributed by atoms with Crippen molar-refractivity contribution >= 4 is 5.69 Å². The normalized spacial score (nSPS) is 10.1. The zero-order chi connectivity index (χ0) is 14.5. The number of rotatable bonds is 4. The standard InChI is InChI=1S/C19H17NO/c1-20-16-13-11-15(12-14-16)18-9-5-6-10-19(18)21-17-7-3-2-4-8-17/h2-14,20H,1H3. The molecule has 0 bridgehead atoms. The fourth-order valence-electron chi connectivity index (χ4n) is 2.23. The number of benzene rings is 3. The molecule has 0 radical (unpaired) electrons. The van der Waals surface area contributed by atoms with Crippen LogP contribution in [-0.4, -0.2) is 7.05 Å². The van der Waals surface area contributed by atoms with Gasteiger partial charge in [0.15, 0.2) is 0 Å². The maximum atomic E-state index is 6.00. The van der Waals surface area contributed by atoms with E-state index in [4.69, 9.17) is 4.74 Å². The van der Waals surface area contributed by atoms with Crippen LogP contribution in [0.25, 0.3) is 11.1 Å². The highest BCUT2D eigenvalue weighted by molar-refractivity contribution is 5.72. The summed E-state index contributed by atoms with van der Waals surface area (Å²) in [6.07, 6.45) is 0. The van der Waals surface area contributed by atoms with E-state index in [1.807, 2.05) is 55.6 Å². The summed E-state index contributed by atoms with van der Waals surface area (Å²) in [5.74, 6) is 1.71. The van der Waals surface area contributed by atoms with Crippen LogP contribution in [0.3, 0.4) is 0 Å². The second-order valence-electron chi connectivity index (χ2n) is 4.74. The van der Waals surface area contributed by atoms with Crippen molar-refractivity contribution in [2.24, 2.45) is 0 Å². The van der Waals surface area contributed by atoms with E-state index in [1.54, 1.807) is 0 Å². The summed E-state index contributed by atoms with van der Waals surface area (Å²) in [6.45, 7) is 0. The molecule has 0 aliphatic carbocycles. The Morgan fingerprint density at radius 2 is 1.38 bits per heavy atom. The van der Waals surface area contributed by atoms with E-state index >= 15 is 0 Å². The highest BCUT2D eigenvalue weighted by Crippen LogP contribution is 2.33. The summed E-state index contributed by atoms with van der Waals surface area (Å²) in [5.41, 5.74) is 3.32. The average Bonchev–Trinajstić information content (AvgIpc) is 2.56. The van der Waals surface area contributed by atoms with Gasteiger partial charge in [-0.25, -0.2) is 0 Å². The number of ether oxygens (including phenoxy) is 1. The molecule has 3 aromatic rings. The summed E-state index contributed by atoms with van der Waals surface area (Å²) >= 11 is 0. The van der Waals surface area contributed by atoms with Crippen molar-refractivity contribution in [3.63, 3.8) is 0 Å². The smallest absolute Gasteiger partial charge is 0.135 e. The van der Waals surface area contributed by atoms with Crippen molar-refractivity contribution in [2.75, 3.05) is 12.4 Å². The summed E-state index contributed by atoms with van der Waals surface area (Å²) in [5, 5.41) is 3.13. The van der Waals surface area contributed by atoms with Crippen LogP contribution in [0.1, 0.15) is 0 Å². The Morgan fingerprint density at radius 1 is 0.714 bits per heavy atom. The zero-order valence-electron chi connectivity index (χ0n) is 11.9. The van der Waals surface area contributed by atoms with Crippen molar-refractivity contribution < 1.29 is 4.74 Å². The largest absolute Gasteiger partial charge is 0.457 e. The number of para-hydroxylation sites is 2. The molecule has 1 N–H and O–H groups in total. The molecular weight excluding hydrogens is 258 g/mol. The highest BCUT2D eigenvalue weighted by Gasteiger charge is 2.06. The Balaban J connectivity index is 1.95. The van der Waals surface area contributed by atoms with Crippen LogP contribution < -0.4 is 10.1 Å². The topological polar surface area (TPSA) is 21.3 Å². The number of nitrogens with one attached hydrogen (secondary N) is 1. The molecule has 0 aromatic heterocycles. The Labute approximate surface area is 125 Å². The predicted octanol–water partition coefficient (Wildman–Crippen LogP) is 5.19. The Morgan fingerprint density at radius 3 is 2.10 bits per heavy atom. The maximum Gasteiger partial charge on any atom is 0.135 e. The van der Waals surface area contributed by atoms with Gasteiger partial charge in [0.2, 0.25) is 0 Å². The average molecular weight is 275 g/mol. The molecule has 2 nitrogen and oxygen atoms in total. The molecule has 2 heteroatoms. The van der Waals surface area contributed by atoms with Crippen molar-refractivity contribution in [2.45, 2.75) is 0 Å². The number of anilines is 1. The molecule has 0 aliphatic rings. The minimum absolute atomic E-state index is 0.844. The molecule has 0 aliphatic heterocycles. The Kier molecular flexibility index (Phi) is 3.88.